The van der Waals surface area contributed by atoms with Crippen LogP contribution in [0.2, 0.25) is 10.0 Å². The maximum Gasteiger partial charge on any atom is 0.142 e. The number of rotatable bonds is 3. The Morgan fingerprint density at radius 1 is 1.29 bits per heavy atom. The number of aromatic amines is 1. The van der Waals surface area contributed by atoms with E-state index >= 15 is 0 Å². The first-order chi connectivity index (χ1) is 8.11. The smallest absolute Gasteiger partial charge is 0.142 e. The van der Waals surface area contributed by atoms with Crippen LogP contribution in [0, 0.1) is 5.82 Å². The molecule has 0 radical (unpaired) electrons. The lowest BCUT2D eigenvalue weighted by Crippen LogP contribution is -2.04. The summed E-state index contributed by atoms with van der Waals surface area (Å²) in [6.45, 7) is 0.653. The van der Waals surface area contributed by atoms with Gasteiger partial charge in [0.25, 0.3) is 0 Å². The fourth-order valence-electron chi connectivity index (χ4n) is 1.50. The van der Waals surface area contributed by atoms with Gasteiger partial charge >= 0.3 is 0 Å². The fraction of sp³-hybridized carbons (Fsp3) is 0.182. The maximum atomic E-state index is 13.4. The molecule has 6 heteroatoms. The van der Waals surface area contributed by atoms with E-state index in [0.29, 0.717) is 22.8 Å². The van der Waals surface area contributed by atoms with Gasteiger partial charge in [-0.25, -0.2) is 4.39 Å². The molecule has 0 aliphatic heterocycles. The summed E-state index contributed by atoms with van der Waals surface area (Å²) in [6, 6.07) is 4.47. The van der Waals surface area contributed by atoms with Crippen LogP contribution in [0.1, 0.15) is 5.69 Å². The van der Waals surface area contributed by atoms with E-state index < -0.39 is 5.82 Å². The normalized spacial score (nSPS) is 10.8. The lowest BCUT2D eigenvalue weighted by atomic mass is 10.1. The van der Waals surface area contributed by atoms with Gasteiger partial charge in [-0.2, -0.15) is 5.10 Å². The second kappa shape index (κ2) is 5.04. The molecule has 0 aliphatic carbocycles. The minimum atomic E-state index is -0.510. The number of hydrogen-bond acceptors (Lipinski definition) is 2. The highest BCUT2D eigenvalue weighted by Gasteiger charge is 2.11. The first-order valence-electron chi connectivity index (χ1n) is 4.95. The second-order valence-corrected chi connectivity index (χ2v) is 4.37. The Hall–Kier alpha value is -1.10. The van der Waals surface area contributed by atoms with Crippen molar-refractivity contribution in [3.05, 3.63) is 39.8 Å². The molecule has 2 aromatic rings. The molecule has 17 heavy (non-hydrogen) atoms. The van der Waals surface area contributed by atoms with Crippen LogP contribution in [0.25, 0.3) is 11.3 Å². The number of halogens is 3. The molecule has 90 valence electrons. The van der Waals surface area contributed by atoms with Gasteiger partial charge in [-0.05, 0) is 25.2 Å². The fourth-order valence-corrected chi connectivity index (χ4v) is 1.98. The molecule has 0 aliphatic rings. The van der Waals surface area contributed by atoms with Crippen LogP contribution in [-0.2, 0) is 6.54 Å². The van der Waals surface area contributed by atoms with Gasteiger partial charge in [0.15, 0.2) is 0 Å². The predicted molar refractivity (Wildman–Crippen MR) is 66.8 cm³/mol. The molecule has 1 heterocycles. The van der Waals surface area contributed by atoms with Gasteiger partial charge < -0.3 is 5.32 Å². The summed E-state index contributed by atoms with van der Waals surface area (Å²) in [5, 5.41) is 10.3. The van der Waals surface area contributed by atoms with Crippen LogP contribution in [0.3, 0.4) is 0 Å². The van der Waals surface area contributed by atoms with Crippen molar-refractivity contribution in [3.8, 4) is 11.3 Å². The maximum absolute atomic E-state index is 13.4. The molecule has 1 aromatic carbocycles. The van der Waals surface area contributed by atoms with Gasteiger partial charge in [-0.3, -0.25) is 5.10 Å². The van der Waals surface area contributed by atoms with Crippen LogP contribution < -0.4 is 5.32 Å². The van der Waals surface area contributed by atoms with E-state index in [1.807, 2.05) is 13.1 Å². The summed E-state index contributed by atoms with van der Waals surface area (Å²) in [5.74, 6) is -0.510. The van der Waals surface area contributed by atoms with E-state index in [4.69, 9.17) is 23.2 Å². The van der Waals surface area contributed by atoms with Crippen molar-refractivity contribution in [2.24, 2.45) is 0 Å². The highest BCUT2D eigenvalue weighted by molar-refractivity contribution is 6.36. The Morgan fingerprint density at radius 3 is 2.76 bits per heavy atom. The Labute approximate surface area is 108 Å². The molecular formula is C11H10Cl2FN3. The average molecular weight is 274 g/mol. The summed E-state index contributed by atoms with van der Waals surface area (Å²) in [5.41, 5.74) is 2.01. The zero-order valence-corrected chi connectivity index (χ0v) is 10.5. The Bertz CT molecular complexity index is 540. The Kier molecular flexibility index (Phi) is 3.66. The number of benzene rings is 1. The number of nitrogens with zero attached hydrogens (tertiary/aromatic N) is 1. The SMILES string of the molecule is CNCc1cc(-c2cc(F)c(Cl)cc2Cl)n[nH]1. The highest BCUT2D eigenvalue weighted by Crippen LogP contribution is 2.31. The average Bonchev–Trinajstić information content (AvgIpc) is 2.72. The number of nitrogens with one attached hydrogen (secondary N) is 2. The van der Waals surface area contributed by atoms with Crippen molar-refractivity contribution in [3.63, 3.8) is 0 Å². The molecule has 0 spiro atoms. The van der Waals surface area contributed by atoms with Crippen molar-refractivity contribution >= 4 is 23.2 Å². The van der Waals surface area contributed by atoms with Crippen LogP contribution in [0.5, 0.6) is 0 Å². The Morgan fingerprint density at radius 2 is 2.06 bits per heavy atom. The van der Waals surface area contributed by atoms with Crippen molar-refractivity contribution in [2.45, 2.75) is 6.54 Å². The first-order valence-corrected chi connectivity index (χ1v) is 5.71. The first kappa shape index (κ1) is 12.4. The third-order valence-corrected chi connectivity index (χ3v) is 2.89. The molecule has 0 bridgehead atoms. The van der Waals surface area contributed by atoms with Crippen LogP contribution in [0.15, 0.2) is 18.2 Å². The quantitative estimate of drug-likeness (QED) is 0.843. The van der Waals surface area contributed by atoms with Crippen molar-refractivity contribution in [1.82, 2.24) is 15.5 Å². The molecule has 0 amide bonds. The third-order valence-electron chi connectivity index (χ3n) is 2.28. The Balaban J connectivity index is 2.41. The van der Waals surface area contributed by atoms with E-state index in [0.717, 1.165) is 5.69 Å². The van der Waals surface area contributed by atoms with Gasteiger partial charge in [0.2, 0.25) is 0 Å². The van der Waals surface area contributed by atoms with E-state index in [2.05, 4.69) is 15.5 Å². The molecule has 2 N–H and O–H groups in total. The zero-order valence-electron chi connectivity index (χ0n) is 9.02. The highest BCUT2D eigenvalue weighted by atomic mass is 35.5. The van der Waals surface area contributed by atoms with Gasteiger partial charge in [-0.15, -0.1) is 0 Å². The zero-order chi connectivity index (χ0) is 12.4. The molecule has 0 saturated carbocycles. The molecule has 0 atom stereocenters. The van der Waals surface area contributed by atoms with E-state index in [9.17, 15) is 4.39 Å². The molecule has 1 aromatic heterocycles. The van der Waals surface area contributed by atoms with Gasteiger partial charge in [0.1, 0.15) is 5.82 Å². The van der Waals surface area contributed by atoms with E-state index in [1.165, 1.54) is 12.1 Å². The predicted octanol–water partition coefficient (Wildman–Crippen LogP) is 3.24. The summed E-state index contributed by atoms with van der Waals surface area (Å²) in [4.78, 5) is 0. The van der Waals surface area contributed by atoms with Crippen LogP contribution >= 0.6 is 23.2 Å². The lowest BCUT2D eigenvalue weighted by Gasteiger charge is -2.02. The van der Waals surface area contributed by atoms with Crippen molar-refractivity contribution in [1.29, 1.82) is 0 Å². The van der Waals surface area contributed by atoms with Crippen molar-refractivity contribution < 1.29 is 4.39 Å². The van der Waals surface area contributed by atoms with Gasteiger partial charge in [-0.1, -0.05) is 23.2 Å². The van der Waals surface area contributed by atoms with Gasteiger partial charge in [0, 0.05) is 17.8 Å². The summed E-state index contributed by atoms with van der Waals surface area (Å²) in [7, 11) is 1.83. The van der Waals surface area contributed by atoms with E-state index in [1.54, 1.807) is 0 Å². The largest absolute Gasteiger partial charge is 0.314 e. The number of hydrogen-bond donors (Lipinski definition) is 2. The molecular weight excluding hydrogens is 264 g/mol. The van der Waals surface area contributed by atoms with Crippen molar-refractivity contribution in [2.75, 3.05) is 7.05 Å². The third kappa shape index (κ3) is 2.60. The number of H-pyrrole nitrogens is 1. The topological polar surface area (TPSA) is 40.7 Å². The second-order valence-electron chi connectivity index (χ2n) is 3.55. The summed E-state index contributed by atoms with van der Waals surface area (Å²) in [6.07, 6.45) is 0. The monoisotopic (exact) mass is 273 g/mol. The lowest BCUT2D eigenvalue weighted by molar-refractivity contribution is 0.628. The molecule has 0 saturated heterocycles. The summed E-state index contributed by atoms with van der Waals surface area (Å²) >= 11 is 11.6. The molecule has 3 nitrogen and oxygen atoms in total. The molecule has 2 rings (SSSR count). The number of aromatic nitrogens is 2. The van der Waals surface area contributed by atoms with Gasteiger partial charge in [0.05, 0.1) is 15.7 Å². The minimum Gasteiger partial charge on any atom is -0.314 e. The van der Waals surface area contributed by atoms with E-state index in [-0.39, 0.29) is 5.02 Å². The summed E-state index contributed by atoms with van der Waals surface area (Å²) < 4.78 is 13.4. The molecule has 0 unspecified atom stereocenters. The standard InChI is InChI=1S/C11H10Cl2FN3/c1-15-5-6-2-11(17-16-6)7-3-10(14)9(13)4-8(7)12/h2-4,15H,5H2,1H3,(H,16,17). The van der Waals surface area contributed by atoms with Crippen LogP contribution in [0.4, 0.5) is 4.39 Å². The van der Waals surface area contributed by atoms with Crippen LogP contribution in [-0.4, -0.2) is 17.2 Å². The minimum absolute atomic E-state index is 0.00438. The molecule has 0 fully saturated rings.